The Labute approximate surface area is 119 Å². The molecule has 2 N–H and O–H groups in total. The largest absolute Gasteiger partial charge is 0.385 e. The smallest absolute Gasteiger partial charge is 0.305 e. The molecule has 0 saturated carbocycles. The normalized spacial score (nSPS) is 24.8. The van der Waals surface area contributed by atoms with E-state index in [1.165, 1.54) is 0 Å². The molecule has 1 heterocycles. The molecule has 2 atom stereocenters. The van der Waals surface area contributed by atoms with Crippen molar-refractivity contribution in [3.63, 3.8) is 0 Å². The summed E-state index contributed by atoms with van der Waals surface area (Å²) in [5.74, 6) is -1.63. The van der Waals surface area contributed by atoms with E-state index in [-0.39, 0.29) is 12.1 Å². The maximum absolute atomic E-state index is 13.2. The van der Waals surface area contributed by atoms with Crippen LogP contribution in [0.4, 0.5) is 10.1 Å². The van der Waals surface area contributed by atoms with Gasteiger partial charge in [-0.3, -0.25) is 14.9 Å². The van der Waals surface area contributed by atoms with E-state index in [9.17, 15) is 24.4 Å². The third-order valence-corrected chi connectivity index (χ3v) is 3.62. The number of nitro benzene ring substituents is 1. The molecule has 8 heteroatoms. The predicted molar refractivity (Wildman–Crippen MR) is 70.4 cm³/mol. The van der Waals surface area contributed by atoms with Gasteiger partial charge >= 0.3 is 5.69 Å². The van der Waals surface area contributed by atoms with Crippen LogP contribution in [0.25, 0.3) is 0 Å². The van der Waals surface area contributed by atoms with Crippen LogP contribution < -0.4 is 5.32 Å². The summed E-state index contributed by atoms with van der Waals surface area (Å²) in [4.78, 5) is 21.7. The van der Waals surface area contributed by atoms with E-state index in [4.69, 9.17) is 4.74 Å². The zero-order valence-electron chi connectivity index (χ0n) is 11.3. The second-order valence-corrected chi connectivity index (χ2v) is 4.97. The number of nitro groups is 1. The van der Waals surface area contributed by atoms with Crippen molar-refractivity contribution in [2.24, 2.45) is 0 Å². The molecule has 1 aromatic carbocycles. The minimum atomic E-state index is -1.17. The van der Waals surface area contributed by atoms with E-state index >= 15 is 0 Å². The monoisotopic (exact) mass is 298 g/mol. The van der Waals surface area contributed by atoms with Crippen molar-refractivity contribution in [1.29, 1.82) is 0 Å². The number of rotatable bonds is 4. The minimum absolute atomic E-state index is 0.0433. The Morgan fingerprint density at radius 3 is 2.95 bits per heavy atom. The fraction of sp³-hybridized carbons (Fsp3) is 0.462. The van der Waals surface area contributed by atoms with Crippen LogP contribution in [0.1, 0.15) is 23.7 Å². The second-order valence-electron chi connectivity index (χ2n) is 4.97. The highest BCUT2D eigenvalue weighted by Crippen LogP contribution is 2.25. The van der Waals surface area contributed by atoms with Crippen molar-refractivity contribution in [3.8, 4) is 0 Å². The van der Waals surface area contributed by atoms with Gasteiger partial charge in [0, 0.05) is 31.2 Å². The maximum atomic E-state index is 13.2. The molecule has 7 nitrogen and oxygen atoms in total. The number of ether oxygens (including phenoxy) is 1. The van der Waals surface area contributed by atoms with Crippen LogP contribution in [-0.4, -0.2) is 40.8 Å². The Morgan fingerprint density at radius 1 is 1.67 bits per heavy atom. The summed E-state index contributed by atoms with van der Waals surface area (Å²) in [5.41, 5.74) is -1.97. The number of amides is 1. The molecule has 21 heavy (non-hydrogen) atoms. The number of halogens is 1. The molecular weight excluding hydrogens is 283 g/mol. The van der Waals surface area contributed by atoms with Crippen LogP contribution in [0.3, 0.4) is 0 Å². The van der Waals surface area contributed by atoms with Gasteiger partial charge in [0.2, 0.25) is 5.82 Å². The Morgan fingerprint density at radius 2 is 2.38 bits per heavy atom. The Bertz CT molecular complexity index is 580. The molecule has 0 aromatic heterocycles. The molecule has 0 aliphatic carbocycles. The van der Waals surface area contributed by atoms with Crippen LogP contribution >= 0.6 is 0 Å². The Balaban J connectivity index is 2.07. The molecule has 1 saturated heterocycles. The highest BCUT2D eigenvalue weighted by Gasteiger charge is 2.39. The summed E-state index contributed by atoms with van der Waals surface area (Å²) in [6.07, 6.45) is -0.0294. The molecule has 0 spiro atoms. The fourth-order valence-electron chi connectivity index (χ4n) is 2.13. The predicted octanol–water partition coefficient (Wildman–Crippen LogP) is 1.00. The van der Waals surface area contributed by atoms with Gasteiger partial charge in [0.1, 0.15) is 5.60 Å². The molecule has 1 aromatic rings. The van der Waals surface area contributed by atoms with Crippen molar-refractivity contribution >= 4 is 11.6 Å². The Kier molecular flexibility index (Phi) is 4.19. The summed E-state index contributed by atoms with van der Waals surface area (Å²) in [7, 11) is 0. The molecule has 1 aliphatic heterocycles. The first kappa shape index (κ1) is 15.3. The van der Waals surface area contributed by atoms with Gasteiger partial charge in [-0.1, -0.05) is 0 Å². The molecule has 1 aliphatic rings. The number of aliphatic hydroxyl groups is 1. The van der Waals surface area contributed by atoms with Gasteiger partial charge in [-0.2, -0.15) is 4.39 Å². The lowest BCUT2D eigenvalue weighted by Gasteiger charge is -2.26. The summed E-state index contributed by atoms with van der Waals surface area (Å²) in [6, 6.07) is 2.88. The average Bonchev–Trinajstić information content (AvgIpc) is 2.77. The lowest BCUT2D eigenvalue weighted by molar-refractivity contribution is -0.387. The Hall–Kier alpha value is -2.06. The second kappa shape index (κ2) is 5.74. The van der Waals surface area contributed by atoms with E-state index < -0.39 is 34.0 Å². The van der Waals surface area contributed by atoms with E-state index in [2.05, 4.69) is 5.32 Å². The maximum Gasteiger partial charge on any atom is 0.305 e. The van der Waals surface area contributed by atoms with Crippen molar-refractivity contribution in [2.75, 3.05) is 13.2 Å². The summed E-state index contributed by atoms with van der Waals surface area (Å²) >= 11 is 0. The van der Waals surface area contributed by atoms with Crippen molar-refractivity contribution in [2.45, 2.75) is 25.0 Å². The minimum Gasteiger partial charge on any atom is -0.385 e. The van der Waals surface area contributed by atoms with Gasteiger partial charge in [-0.05, 0) is 19.1 Å². The highest BCUT2D eigenvalue weighted by molar-refractivity contribution is 5.94. The van der Waals surface area contributed by atoms with Gasteiger partial charge < -0.3 is 15.2 Å². The molecule has 1 fully saturated rings. The first-order valence-corrected chi connectivity index (χ1v) is 6.39. The molecular formula is C13H15FN2O5. The topological polar surface area (TPSA) is 102 Å². The first-order chi connectivity index (χ1) is 9.83. The van der Waals surface area contributed by atoms with E-state index in [1.54, 1.807) is 6.92 Å². The molecule has 2 unspecified atom stereocenters. The van der Waals surface area contributed by atoms with Crippen LogP contribution in [0.5, 0.6) is 0 Å². The molecule has 2 rings (SSSR count). The van der Waals surface area contributed by atoms with Crippen molar-refractivity contribution < 1.29 is 24.0 Å². The fourth-order valence-corrected chi connectivity index (χ4v) is 2.13. The molecule has 0 radical (unpaired) electrons. The molecule has 114 valence electrons. The summed E-state index contributed by atoms with van der Waals surface area (Å²) < 4.78 is 18.4. The van der Waals surface area contributed by atoms with E-state index in [0.717, 1.165) is 18.2 Å². The standard InChI is InChI=1S/C13H15FN2O5/c1-8-13(18,4-5-21-8)7-15-12(17)9-2-3-10(14)11(6-9)16(19)20/h2-3,6,8,18H,4-5,7H2,1H3,(H,15,17). The number of hydrogen-bond acceptors (Lipinski definition) is 5. The van der Waals surface area contributed by atoms with Crippen molar-refractivity contribution in [3.05, 3.63) is 39.7 Å². The third kappa shape index (κ3) is 3.17. The van der Waals surface area contributed by atoms with Crippen LogP contribution in [-0.2, 0) is 4.74 Å². The van der Waals surface area contributed by atoms with Gasteiger partial charge in [0.15, 0.2) is 0 Å². The van der Waals surface area contributed by atoms with E-state index in [0.29, 0.717) is 13.0 Å². The summed E-state index contributed by atoms with van der Waals surface area (Å²) in [6.45, 7) is 2.05. The van der Waals surface area contributed by atoms with Crippen molar-refractivity contribution in [1.82, 2.24) is 5.32 Å². The van der Waals surface area contributed by atoms with Gasteiger partial charge in [0.25, 0.3) is 5.91 Å². The van der Waals surface area contributed by atoms with Crippen LogP contribution in [0.15, 0.2) is 18.2 Å². The quantitative estimate of drug-likeness (QED) is 0.638. The van der Waals surface area contributed by atoms with Gasteiger partial charge in [0.05, 0.1) is 11.0 Å². The zero-order chi connectivity index (χ0) is 15.6. The number of nitrogens with one attached hydrogen (secondary N) is 1. The average molecular weight is 298 g/mol. The molecule has 0 bridgehead atoms. The lowest BCUT2D eigenvalue weighted by atomic mass is 9.96. The van der Waals surface area contributed by atoms with Gasteiger partial charge in [-0.15, -0.1) is 0 Å². The highest BCUT2D eigenvalue weighted by atomic mass is 19.1. The lowest BCUT2D eigenvalue weighted by Crippen LogP contribution is -2.47. The van der Waals surface area contributed by atoms with E-state index in [1.807, 2.05) is 0 Å². The SMILES string of the molecule is CC1OCCC1(O)CNC(=O)c1ccc(F)c([N+](=O)[O-])c1. The number of benzene rings is 1. The van der Waals surface area contributed by atoms with Crippen LogP contribution in [0.2, 0.25) is 0 Å². The van der Waals surface area contributed by atoms with Gasteiger partial charge in [-0.25, -0.2) is 0 Å². The van der Waals surface area contributed by atoms with Crippen LogP contribution in [0, 0.1) is 15.9 Å². The number of carbonyl (C=O) groups is 1. The number of carbonyl (C=O) groups excluding carboxylic acids is 1. The first-order valence-electron chi connectivity index (χ1n) is 6.39. The third-order valence-electron chi connectivity index (χ3n) is 3.62. The molecule has 1 amide bonds. The zero-order valence-corrected chi connectivity index (χ0v) is 11.3. The number of nitrogens with zero attached hydrogens (tertiary/aromatic N) is 1. The summed E-state index contributed by atoms with van der Waals surface area (Å²) in [5, 5.41) is 23.4. The number of hydrogen-bond donors (Lipinski definition) is 2.